The maximum atomic E-state index is 13.5. The number of nitrogens with one attached hydrogen (secondary N) is 1. The van der Waals surface area contributed by atoms with Crippen LogP contribution in [0.5, 0.6) is 0 Å². The number of rotatable bonds is 8. The predicted octanol–water partition coefficient (Wildman–Crippen LogP) is 4.29. The Morgan fingerprint density at radius 2 is 1.86 bits per heavy atom. The van der Waals surface area contributed by atoms with Gasteiger partial charge in [0.05, 0.1) is 16.2 Å². The number of hydrogen-bond donors (Lipinski definition) is 1. The van der Waals surface area contributed by atoms with Gasteiger partial charge in [-0.25, -0.2) is 0 Å². The smallest absolute Gasteiger partial charge is 0.267 e. The lowest BCUT2D eigenvalue weighted by atomic mass is 10.1. The fraction of sp³-hybridized carbons (Fsp3) is 0.308. The van der Waals surface area contributed by atoms with E-state index in [2.05, 4.69) is 5.32 Å². The highest BCUT2D eigenvalue weighted by molar-refractivity contribution is 8.26. The number of ether oxygens (including phenoxy) is 1. The quantitative estimate of drug-likeness (QED) is 0.325. The minimum atomic E-state index is -0.378. The summed E-state index contributed by atoms with van der Waals surface area (Å²) in [7, 11) is 0. The van der Waals surface area contributed by atoms with Gasteiger partial charge in [-0.15, -0.1) is 0 Å². The molecule has 0 atom stereocenters. The molecular formula is C26H27N3O4S2. The maximum absolute atomic E-state index is 13.5. The van der Waals surface area contributed by atoms with Gasteiger partial charge in [0, 0.05) is 31.0 Å². The topological polar surface area (TPSA) is 79.0 Å². The zero-order chi connectivity index (χ0) is 25.1. The molecule has 2 aliphatic heterocycles. The summed E-state index contributed by atoms with van der Waals surface area (Å²) in [6.45, 7) is 7.24. The molecule has 0 aromatic heterocycles. The van der Waals surface area contributed by atoms with Gasteiger partial charge in [0.2, 0.25) is 5.91 Å². The van der Waals surface area contributed by atoms with E-state index in [9.17, 15) is 14.4 Å². The Balaban J connectivity index is 1.57. The zero-order valence-corrected chi connectivity index (χ0v) is 21.6. The normalized spacial score (nSPS) is 17.4. The first kappa shape index (κ1) is 25.1. The summed E-state index contributed by atoms with van der Waals surface area (Å²) < 4.78 is 5.78. The molecule has 3 amide bonds. The highest BCUT2D eigenvalue weighted by Crippen LogP contribution is 2.44. The van der Waals surface area contributed by atoms with Crippen LogP contribution in [-0.2, 0) is 19.1 Å². The average molecular weight is 510 g/mol. The number of amides is 3. The number of aryl methyl sites for hydroxylation is 2. The van der Waals surface area contributed by atoms with Crippen LogP contribution >= 0.6 is 24.0 Å². The van der Waals surface area contributed by atoms with Gasteiger partial charge < -0.3 is 10.1 Å². The first-order valence-corrected chi connectivity index (χ1v) is 12.7. The van der Waals surface area contributed by atoms with Gasteiger partial charge in [0.25, 0.3) is 11.8 Å². The molecule has 35 heavy (non-hydrogen) atoms. The summed E-state index contributed by atoms with van der Waals surface area (Å²) in [6.07, 6.45) is 0.651. The number of thioether (sulfide) groups is 1. The summed E-state index contributed by atoms with van der Waals surface area (Å²) in [5.41, 5.74) is 4.28. The van der Waals surface area contributed by atoms with Crippen molar-refractivity contribution in [3.8, 4) is 0 Å². The standard InChI is InChI=1S/C26H27N3O4S2/c1-4-33-13-7-12-28-25(32)23(35-26(28)34)22-18-8-5-6-9-20(18)29(24(22)31)15-21(30)27-19-11-10-16(2)14-17(19)3/h5-6,8-11,14H,4,7,12-13,15H2,1-3H3,(H,27,30)/b23-22-. The van der Waals surface area contributed by atoms with Crippen LogP contribution in [0, 0.1) is 13.8 Å². The molecule has 4 rings (SSSR count). The lowest BCUT2D eigenvalue weighted by Gasteiger charge is -2.17. The Labute approximate surface area is 214 Å². The van der Waals surface area contributed by atoms with Crippen molar-refractivity contribution < 1.29 is 19.1 Å². The molecule has 7 nitrogen and oxygen atoms in total. The summed E-state index contributed by atoms with van der Waals surface area (Å²) in [6, 6.07) is 13.0. The van der Waals surface area contributed by atoms with Crippen molar-refractivity contribution in [3.63, 3.8) is 0 Å². The molecule has 2 aromatic rings. The summed E-state index contributed by atoms with van der Waals surface area (Å²) >= 11 is 6.58. The third-order valence-corrected chi connectivity index (χ3v) is 7.28. The molecule has 0 radical (unpaired) electrons. The van der Waals surface area contributed by atoms with Crippen molar-refractivity contribution in [2.75, 3.05) is 36.5 Å². The van der Waals surface area contributed by atoms with E-state index < -0.39 is 0 Å². The van der Waals surface area contributed by atoms with E-state index in [1.54, 1.807) is 12.1 Å². The van der Waals surface area contributed by atoms with Crippen molar-refractivity contribution in [1.29, 1.82) is 0 Å². The Morgan fingerprint density at radius 1 is 1.09 bits per heavy atom. The average Bonchev–Trinajstić information content (AvgIpc) is 3.25. The molecule has 2 aromatic carbocycles. The molecule has 182 valence electrons. The molecule has 0 spiro atoms. The lowest BCUT2D eigenvalue weighted by Crippen LogP contribution is -2.35. The highest BCUT2D eigenvalue weighted by atomic mass is 32.2. The Bertz CT molecular complexity index is 1240. The van der Waals surface area contributed by atoms with Crippen LogP contribution in [0.4, 0.5) is 11.4 Å². The fourth-order valence-corrected chi connectivity index (χ4v) is 5.54. The van der Waals surface area contributed by atoms with Gasteiger partial charge in [0.1, 0.15) is 10.9 Å². The Kier molecular flexibility index (Phi) is 7.69. The minimum absolute atomic E-state index is 0.165. The molecular weight excluding hydrogens is 482 g/mol. The van der Waals surface area contributed by atoms with Crippen LogP contribution < -0.4 is 10.2 Å². The fourth-order valence-electron chi connectivity index (χ4n) is 4.15. The summed E-state index contributed by atoms with van der Waals surface area (Å²) in [5.74, 6) is -0.974. The number of carbonyl (C=O) groups excluding carboxylic acids is 3. The van der Waals surface area contributed by atoms with E-state index in [1.165, 1.54) is 9.80 Å². The van der Waals surface area contributed by atoms with Crippen molar-refractivity contribution in [2.24, 2.45) is 0 Å². The molecule has 1 saturated heterocycles. The number of anilines is 2. The first-order chi connectivity index (χ1) is 16.8. The largest absolute Gasteiger partial charge is 0.382 e. The van der Waals surface area contributed by atoms with Gasteiger partial charge in [-0.1, -0.05) is 59.9 Å². The molecule has 1 N–H and O–H groups in total. The van der Waals surface area contributed by atoms with Gasteiger partial charge in [-0.05, 0) is 44.9 Å². The number of carbonyl (C=O) groups is 3. The van der Waals surface area contributed by atoms with Crippen LogP contribution in [-0.4, -0.2) is 53.2 Å². The van der Waals surface area contributed by atoms with Crippen LogP contribution in [0.25, 0.3) is 5.57 Å². The third kappa shape index (κ3) is 5.17. The number of hydrogen-bond acceptors (Lipinski definition) is 6. The molecule has 1 fully saturated rings. The first-order valence-electron chi connectivity index (χ1n) is 11.5. The molecule has 0 unspecified atom stereocenters. The molecule has 0 bridgehead atoms. The van der Waals surface area contributed by atoms with Crippen molar-refractivity contribution >= 4 is 63.0 Å². The molecule has 0 aliphatic carbocycles. The molecule has 2 heterocycles. The van der Waals surface area contributed by atoms with Crippen LogP contribution in [0.1, 0.15) is 30.0 Å². The Hall–Kier alpha value is -3.01. The molecule has 9 heteroatoms. The molecule has 2 aliphatic rings. The summed E-state index contributed by atoms with van der Waals surface area (Å²) in [4.78, 5) is 42.9. The van der Waals surface area contributed by atoms with E-state index >= 15 is 0 Å². The van der Waals surface area contributed by atoms with Gasteiger partial charge >= 0.3 is 0 Å². The van der Waals surface area contributed by atoms with Crippen molar-refractivity contribution in [3.05, 3.63) is 64.1 Å². The van der Waals surface area contributed by atoms with Gasteiger partial charge in [-0.2, -0.15) is 0 Å². The zero-order valence-electron chi connectivity index (χ0n) is 19.9. The third-order valence-electron chi connectivity index (χ3n) is 5.83. The maximum Gasteiger partial charge on any atom is 0.267 e. The summed E-state index contributed by atoms with van der Waals surface area (Å²) in [5, 5.41) is 2.89. The van der Waals surface area contributed by atoms with Crippen LogP contribution in [0.3, 0.4) is 0 Å². The molecule has 0 saturated carbocycles. The van der Waals surface area contributed by atoms with Crippen molar-refractivity contribution in [2.45, 2.75) is 27.2 Å². The minimum Gasteiger partial charge on any atom is -0.382 e. The number of nitrogens with zero attached hydrogens (tertiary/aromatic N) is 2. The van der Waals surface area contributed by atoms with E-state index in [0.29, 0.717) is 57.9 Å². The van der Waals surface area contributed by atoms with Crippen LogP contribution in [0.2, 0.25) is 0 Å². The monoisotopic (exact) mass is 509 g/mol. The number of fused-ring (bicyclic) bond motifs is 1. The number of thiocarbonyl (C=S) groups is 1. The number of para-hydroxylation sites is 1. The van der Waals surface area contributed by atoms with E-state index in [-0.39, 0.29) is 24.3 Å². The second-order valence-electron chi connectivity index (χ2n) is 8.35. The number of benzene rings is 2. The lowest BCUT2D eigenvalue weighted by molar-refractivity contribution is -0.122. The Morgan fingerprint density at radius 3 is 2.60 bits per heavy atom. The van der Waals surface area contributed by atoms with Crippen molar-refractivity contribution in [1.82, 2.24) is 4.90 Å². The van der Waals surface area contributed by atoms with Crippen LogP contribution in [0.15, 0.2) is 47.4 Å². The second-order valence-corrected chi connectivity index (χ2v) is 10.00. The van der Waals surface area contributed by atoms with Gasteiger partial charge in [-0.3, -0.25) is 24.2 Å². The predicted molar refractivity (Wildman–Crippen MR) is 143 cm³/mol. The SMILES string of the molecule is CCOCCCN1C(=O)/C(=C2/C(=O)N(CC(=O)Nc3ccc(C)cc3C)c3ccccc32)SC1=S. The highest BCUT2D eigenvalue weighted by Gasteiger charge is 2.42. The van der Waals surface area contributed by atoms with E-state index in [0.717, 1.165) is 22.9 Å². The second kappa shape index (κ2) is 10.7. The van der Waals surface area contributed by atoms with E-state index in [4.69, 9.17) is 17.0 Å². The van der Waals surface area contributed by atoms with E-state index in [1.807, 2.05) is 51.1 Å². The van der Waals surface area contributed by atoms with Gasteiger partial charge in [0.15, 0.2) is 0 Å².